The maximum atomic E-state index is 11.5. The fraction of sp³-hybridized carbons (Fsp3) is 0.545. The van der Waals surface area contributed by atoms with Crippen LogP contribution in [-0.4, -0.2) is 39.0 Å². The molecule has 18 heavy (non-hydrogen) atoms. The van der Waals surface area contributed by atoms with E-state index in [1.807, 2.05) is 0 Å². The molecular formula is C11H18N4O3. The number of H-pyrrole nitrogens is 1. The van der Waals surface area contributed by atoms with Crippen LogP contribution in [0, 0.1) is 0 Å². The first kappa shape index (κ1) is 14.2. The van der Waals surface area contributed by atoms with Crippen LogP contribution in [0.15, 0.2) is 12.5 Å². The molecule has 1 aromatic heterocycles. The lowest BCUT2D eigenvalue weighted by Crippen LogP contribution is -2.42. The molecule has 1 rings (SSSR count). The number of nitrogens with zero attached hydrogens (tertiary/aromatic N) is 1. The van der Waals surface area contributed by atoms with Crippen LogP contribution in [0.3, 0.4) is 0 Å². The average Bonchev–Trinajstić information content (AvgIpc) is 2.78. The summed E-state index contributed by atoms with van der Waals surface area (Å²) in [5, 5.41) is 11.5. The van der Waals surface area contributed by atoms with E-state index in [9.17, 15) is 9.59 Å². The molecule has 1 aromatic rings. The van der Waals surface area contributed by atoms with Crippen molar-refractivity contribution in [3.63, 3.8) is 0 Å². The van der Waals surface area contributed by atoms with Crippen molar-refractivity contribution in [3.8, 4) is 0 Å². The first-order chi connectivity index (χ1) is 8.49. The minimum Gasteiger partial charge on any atom is -0.480 e. The lowest BCUT2D eigenvalue weighted by molar-refractivity contribution is -0.141. The zero-order valence-corrected chi connectivity index (χ0v) is 10.2. The second-order valence-corrected chi connectivity index (χ2v) is 4.26. The average molecular weight is 254 g/mol. The van der Waals surface area contributed by atoms with Crippen LogP contribution in [0.1, 0.15) is 25.5 Å². The summed E-state index contributed by atoms with van der Waals surface area (Å²) in [5.74, 6) is -1.38. The van der Waals surface area contributed by atoms with E-state index in [0.29, 0.717) is 12.1 Å². The van der Waals surface area contributed by atoms with Crippen LogP contribution in [0.2, 0.25) is 0 Å². The van der Waals surface area contributed by atoms with Gasteiger partial charge in [0.2, 0.25) is 5.91 Å². The maximum absolute atomic E-state index is 11.5. The van der Waals surface area contributed by atoms with Crippen LogP contribution in [-0.2, 0) is 16.0 Å². The highest BCUT2D eigenvalue weighted by atomic mass is 16.4. The molecule has 5 N–H and O–H groups in total. The fourth-order valence-electron chi connectivity index (χ4n) is 1.44. The number of nitrogens with one attached hydrogen (secondary N) is 2. The largest absolute Gasteiger partial charge is 0.480 e. The number of carboxylic acids is 1. The standard InChI is InChI=1S/C11H18N4O3/c1-7(12)2-3-10(16)15-9(11(17)18)4-8-5-13-6-14-8/h5-7,9H,2-4,12H2,1H3,(H,13,14)(H,15,16)(H,17,18). The molecule has 2 atom stereocenters. The number of nitrogens with two attached hydrogens (primary N) is 1. The quantitative estimate of drug-likeness (QED) is 0.530. The van der Waals surface area contributed by atoms with Crippen molar-refractivity contribution in [1.29, 1.82) is 0 Å². The molecule has 0 radical (unpaired) electrons. The Hall–Kier alpha value is -1.89. The van der Waals surface area contributed by atoms with E-state index in [4.69, 9.17) is 10.8 Å². The molecule has 1 heterocycles. The molecule has 0 fully saturated rings. The van der Waals surface area contributed by atoms with E-state index < -0.39 is 12.0 Å². The number of aromatic amines is 1. The highest BCUT2D eigenvalue weighted by molar-refractivity contribution is 5.83. The fourth-order valence-corrected chi connectivity index (χ4v) is 1.44. The number of hydrogen-bond donors (Lipinski definition) is 4. The Morgan fingerprint density at radius 2 is 2.33 bits per heavy atom. The van der Waals surface area contributed by atoms with Gasteiger partial charge in [-0.25, -0.2) is 9.78 Å². The van der Waals surface area contributed by atoms with E-state index in [0.717, 1.165) is 0 Å². The van der Waals surface area contributed by atoms with E-state index in [1.165, 1.54) is 12.5 Å². The van der Waals surface area contributed by atoms with Gasteiger partial charge in [-0.15, -0.1) is 0 Å². The van der Waals surface area contributed by atoms with Gasteiger partial charge in [-0.05, 0) is 13.3 Å². The molecule has 0 saturated carbocycles. The van der Waals surface area contributed by atoms with Gasteiger partial charge in [0.05, 0.1) is 6.33 Å². The number of imidazole rings is 1. The maximum Gasteiger partial charge on any atom is 0.326 e. The Balaban J connectivity index is 2.48. The van der Waals surface area contributed by atoms with E-state index >= 15 is 0 Å². The second-order valence-electron chi connectivity index (χ2n) is 4.26. The van der Waals surface area contributed by atoms with E-state index in [1.54, 1.807) is 6.92 Å². The lowest BCUT2D eigenvalue weighted by Gasteiger charge is -2.14. The Bertz CT molecular complexity index is 389. The van der Waals surface area contributed by atoms with Crippen LogP contribution in [0.5, 0.6) is 0 Å². The predicted molar refractivity (Wildman–Crippen MR) is 64.7 cm³/mol. The van der Waals surface area contributed by atoms with Crippen LogP contribution in [0.25, 0.3) is 0 Å². The molecule has 7 nitrogen and oxygen atoms in total. The van der Waals surface area contributed by atoms with Gasteiger partial charge < -0.3 is 21.1 Å². The summed E-state index contributed by atoms with van der Waals surface area (Å²) in [4.78, 5) is 29.2. The van der Waals surface area contributed by atoms with Gasteiger partial charge in [0.15, 0.2) is 0 Å². The topological polar surface area (TPSA) is 121 Å². The van der Waals surface area contributed by atoms with Gasteiger partial charge in [-0.1, -0.05) is 0 Å². The minimum atomic E-state index is -1.07. The number of hydrogen-bond acceptors (Lipinski definition) is 4. The van der Waals surface area contributed by atoms with Crippen molar-refractivity contribution in [3.05, 3.63) is 18.2 Å². The van der Waals surface area contributed by atoms with Gasteiger partial charge in [0, 0.05) is 30.8 Å². The van der Waals surface area contributed by atoms with Crippen molar-refractivity contribution in [2.24, 2.45) is 5.73 Å². The van der Waals surface area contributed by atoms with Crippen molar-refractivity contribution in [2.75, 3.05) is 0 Å². The minimum absolute atomic E-state index is 0.0772. The van der Waals surface area contributed by atoms with Crippen molar-refractivity contribution in [1.82, 2.24) is 15.3 Å². The van der Waals surface area contributed by atoms with Gasteiger partial charge in [0.1, 0.15) is 6.04 Å². The molecular weight excluding hydrogens is 236 g/mol. The van der Waals surface area contributed by atoms with Gasteiger partial charge >= 0.3 is 5.97 Å². The summed E-state index contributed by atoms with van der Waals surface area (Å²) >= 11 is 0. The third kappa shape index (κ3) is 4.96. The molecule has 1 amide bonds. The zero-order chi connectivity index (χ0) is 13.5. The summed E-state index contributed by atoms with van der Waals surface area (Å²) < 4.78 is 0. The smallest absolute Gasteiger partial charge is 0.326 e. The van der Waals surface area contributed by atoms with Crippen LogP contribution < -0.4 is 11.1 Å². The zero-order valence-electron chi connectivity index (χ0n) is 10.2. The van der Waals surface area contributed by atoms with Gasteiger partial charge in [-0.2, -0.15) is 0 Å². The number of aliphatic carboxylic acids is 1. The third-order valence-electron chi connectivity index (χ3n) is 2.44. The molecule has 0 aromatic carbocycles. The van der Waals surface area contributed by atoms with Crippen LogP contribution in [0.4, 0.5) is 0 Å². The molecule has 100 valence electrons. The molecule has 0 aliphatic heterocycles. The second kappa shape index (κ2) is 6.75. The summed E-state index contributed by atoms with van der Waals surface area (Å²) in [5.41, 5.74) is 6.19. The molecule has 0 spiro atoms. The molecule has 2 unspecified atom stereocenters. The van der Waals surface area contributed by atoms with Crippen molar-refractivity contribution in [2.45, 2.75) is 38.3 Å². The summed E-state index contributed by atoms with van der Waals surface area (Å²) in [6.45, 7) is 1.80. The van der Waals surface area contributed by atoms with E-state index in [-0.39, 0.29) is 24.8 Å². The summed E-state index contributed by atoms with van der Waals surface area (Å²) in [6, 6.07) is -1.03. The number of carbonyl (C=O) groups excluding carboxylic acids is 1. The first-order valence-electron chi connectivity index (χ1n) is 5.74. The summed E-state index contributed by atoms with van der Waals surface area (Å²) in [7, 11) is 0. The third-order valence-corrected chi connectivity index (χ3v) is 2.44. The summed E-state index contributed by atoms with van der Waals surface area (Å²) in [6.07, 6.45) is 3.93. The number of carboxylic acid groups (broad SMARTS) is 1. The molecule has 7 heteroatoms. The Labute approximate surface area is 105 Å². The SMILES string of the molecule is CC(N)CCC(=O)NC(Cc1cnc[nH]1)C(=O)O. The van der Waals surface area contributed by atoms with Crippen molar-refractivity contribution < 1.29 is 14.7 Å². The Kier molecular flexibility index (Phi) is 5.31. The number of rotatable bonds is 7. The Morgan fingerprint density at radius 1 is 1.61 bits per heavy atom. The number of amides is 1. The highest BCUT2D eigenvalue weighted by Crippen LogP contribution is 2.00. The molecule has 0 aliphatic rings. The van der Waals surface area contributed by atoms with Gasteiger partial charge in [-0.3, -0.25) is 4.79 Å². The first-order valence-corrected chi connectivity index (χ1v) is 5.74. The monoisotopic (exact) mass is 254 g/mol. The molecule has 0 saturated heterocycles. The number of carbonyl (C=O) groups is 2. The predicted octanol–water partition coefficient (Wildman–Crippen LogP) is -0.351. The highest BCUT2D eigenvalue weighted by Gasteiger charge is 2.20. The van der Waals surface area contributed by atoms with Crippen LogP contribution >= 0.6 is 0 Å². The van der Waals surface area contributed by atoms with Crippen molar-refractivity contribution >= 4 is 11.9 Å². The normalized spacial score (nSPS) is 13.9. The molecule has 0 aliphatic carbocycles. The lowest BCUT2D eigenvalue weighted by atomic mass is 10.1. The van der Waals surface area contributed by atoms with Gasteiger partial charge in [0.25, 0.3) is 0 Å². The molecule has 0 bridgehead atoms. The Morgan fingerprint density at radius 3 is 2.83 bits per heavy atom. The number of aromatic nitrogens is 2. The van der Waals surface area contributed by atoms with E-state index in [2.05, 4.69) is 15.3 Å².